The van der Waals surface area contributed by atoms with Crippen molar-refractivity contribution in [1.82, 2.24) is 0 Å². The number of esters is 2. The van der Waals surface area contributed by atoms with Gasteiger partial charge in [-0.25, -0.2) is 0 Å². The lowest BCUT2D eigenvalue weighted by atomic mass is 10.0. The van der Waals surface area contributed by atoms with Crippen molar-refractivity contribution in [3.05, 3.63) is 170 Å². The van der Waals surface area contributed by atoms with Gasteiger partial charge in [-0.05, 0) is 128 Å². The first kappa shape index (κ1) is 81.3. The number of carbonyl (C=O) groups excluding carboxylic acids is 2. The second-order valence-electron chi connectivity index (χ2n) is 23.2. The summed E-state index contributed by atoms with van der Waals surface area (Å²) in [6.45, 7) is 3.92. The first-order valence-corrected chi connectivity index (χ1v) is 35.7. The predicted molar refractivity (Wildman–Crippen MR) is 380 cm³/mol. The SMILES string of the molecule is CC/C=C\C/C=C\C/C=C\C/C=C\C/C=C\C/C=C\C/C=C\CCCCCCCCCCCCCCCCCCCCCC(=O)OC(CO)COC(=O)CCCCCCCCCCC/C=C\C/C=C\C/C=C\C/C=C\C/C=C\C/C=C\C/C=C\CC. The van der Waals surface area contributed by atoms with Gasteiger partial charge in [0.1, 0.15) is 6.61 Å². The van der Waals surface area contributed by atoms with E-state index in [4.69, 9.17) is 9.47 Å². The third kappa shape index (κ3) is 71.7. The maximum atomic E-state index is 12.4. The van der Waals surface area contributed by atoms with Crippen LogP contribution >= 0.6 is 0 Å². The Morgan fingerprint density at radius 1 is 0.267 bits per heavy atom. The molecule has 0 amide bonds. The standard InChI is InChI=1S/C81H132O5/c1-3-5-7-9-11-13-15-17-19-21-23-25-27-29-31-33-35-36-37-38-39-40-41-42-43-44-46-48-50-52-54-56-58-60-62-64-66-68-70-72-74-76-81(84)86-79(77-82)78-85-80(83)75-73-71-69-67-65-63-61-59-57-55-53-51-49-47-45-34-32-30-28-26-24-22-20-18-16-14-12-10-8-6-4-2/h5-8,11-14,17-20,23-26,29-32,35-36,38-39,45,47,51,53,79,82H,3-4,9-10,15-16,21-22,27-28,33-34,37,40-44,46,48-50,52,54-78H2,1-2H3/b7-5-,8-6-,13-11-,14-12-,19-17-,20-18-,25-23-,26-24-,31-29-,32-30-,36-35-,39-38-,47-45-,53-51-. The molecular weight excluding hydrogens is 1050 g/mol. The van der Waals surface area contributed by atoms with E-state index in [0.29, 0.717) is 12.8 Å². The van der Waals surface area contributed by atoms with Crippen molar-refractivity contribution in [2.45, 2.75) is 315 Å². The molecule has 0 aromatic carbocycles. The molecule has 5 nitrogen and oxygen atoms in total. The maximum absolute atomic E-state index is 12.4. The first-order chi connectivity index (χ1) is 42.6. The molecular formula is C81H132O5. The Morgan fingerprint density at radius 2 is 0.465 bits per heavy atom. The Bertz CT molecular complexity index is 1870. The maximum Gasteiger partial charge on any atom is 0.306 e. The minimum atomic E-state index is -0.786. The van der Waals surface area contributed by atoms with E-state index in [2.05, 4.69) is 184 Å². The van der Waals surface area contributed by atoms with Crippen molar-refractivity contribution < 1.29 is 24.2 Å². The Balaban J connectivity index is 3.51. The van der Waals surface area contributed by atoms with Crippen molar-refractivity contribution in [2.75, 3.05) is 13.2 Å². The van der Waals surface area contributed by atoms with E-state index in [1.54, 1.807) is 0 Å². The van der Waals surface area contributed by atoms with Crippen LogP contribution in [0.2, 0.25) is 0 Å². The van der Waals surface area contributed by atoms with E-state index in [9.17, 15) is 14.7 Å². The number of aliphatic hydroxyl groups is 1. The first-order valence-electron chi connectivity index (χ1n) is 35.7. The summed E-state index contributed by atoms with van der Waals surface area (Å²) >= 11 is 0. The van der Waals surface area contributed by atoms with Gasteiger partial charge in [-0.3, -0.25) is 9.59 Å². The number of aliphatic hydroxyl groups excluding tert-OH is 1. The molecule has 0 bridgehead atoms. The molecule has 0 rings (SSSR count). The second-order valence-corrected chi connectivity index (χ2v) is 23.2. The molecule has 1 unspecified atom stereocenters. The van der Waals surface area contributed by atoms with Crippen LogP contribution < -0.4 is 0 Å². The fraction of sp³-hybridized carbons (Fsp3) is 0.630. The van der Waals surface area contributed by atoms with Gasteiger partial charge in [-0.2, -0.15) is 0 Å². The molecule has 0 aromatic rings. The quantitative estimate of drug-likeness (QED) is 0.0373. The average Bonchev–Trinajstić information content (AvgIpc) is 3.54. The van der Waals surface area contributed by atoms with Crippen molar-refractivity contribution >= 4 is 11.9 Å². The highest BCUT2D eigenvalue weighted by Crippen LogP contribution is 2.17. The molecule has 0 aromatic heterocycles. The van der Waals surface area contributed by atoms with Crippen LogP contribution in [0, 0.1) is 0 Å². The normalized spacial score (nSPS) is 13.3. The number of hydrogen-bond donors (Lipinski definition) is 1. The highest BCUT2D eigenvalue weighted by molar-refractivity contribution is 5.70. The predicted octanol–water partition coefficient (Wildman–Crippen LogP) is 25.2. The van der Waals surface area contributed by atoms with E-state index < -0.39 is 6.10 Å². The van der Waals surface area contributed by atoms with E-state index in [-0.39, 0.29) is 25.2 Å². The van der Waals surface area contributed by atoms with Gasteiger partial charge < -0.3 is 14.6 Å². The molecule has 0 radical (unpaired) electrons. The summed E-state index contributed by atoms with van der Waals surface area (Å²) in [6.07, 6.45) is 115. The Morgan fingerprint density at radius 3 is 0.698 bits per heavy atom. The zero-order valence-electron chi connectivity index (χ0n) is 55.8. The monoisotopic (exact) mass is 1190 g/mol. The van der Waals surface area contributed by atoms with Crippen molar-refractivity contribution in [3.63, 3.8) is 0 Å². The second kappa shape index (κ2) is 74.5. The molecule has 0 fully saturated rings. The summed E-state index contributed by atoms with van der Waals surface area (Å²) in [5.74, 6) is -0.597. The molecule has 0 aliphatic rings. The van der Waals surface area contributed by atoms with Crippen LogP contribution in [0.25, 0.3) is 0 Å². The highest BCUT2D eigenvalue weighted by atomic mass is 16.6. The van der Waals surface area contributed by atoms with Crippen molar-refractivity contribution in [1.29, 1.82) is 0 Å². The molecule has 1 N–H and O–H groups in total. The van der Waals surface area contributed by atoms with Crippen LogP contribution in [-0.4, -0.2) is 36.4 Å². The van der Waals surface area contributed by atoms with Gasteiger partial charge in [0.25, 0.3) is 0 Å². The van der Waals surface area contributed by atoms with Gasteiger partial charge in [0.05, 0.1) is 6.61 Å². The number of allylic oxidation sites excluding steroid dienone is 28. The topological polar surface area (TPSA) is 72.8 Å². The number of hydrogen-bond acceptors (Lipinski definition) is 5. The lowest BCUT2D eigenvalue weighted by Gasteiger charge is -2.15. The van der Waals surface area contributed by atoms with Gasteiger partial charge in [-0.1, -0.05) is 338 Å². The van der Waals surface area contributed by atoms with Crippen LogP contribution in [0.3, 0.4) is 0 Å². The van der Waals surface area contributed by atoms with Crippen LogP contribution in [0.5, 0.6) is 0 Å². The Labute approximate surface area is 532 Å². The van der Waals surface area contributed by atoms with Crippen LogP contribution in [-0.2, 0) is 19.1 Å². The smallest absolute Gasteiger partial charge is 0.306 e. The molecule has 0 spiro atoms. The molecule has 86 heavy (non-hydrogen) atoms. The molecule has 0 aliphatic carbocycles. The molecule has 0 saturated heterocycles. The molecule has 0 aliphatic heterocycles. The molecule has 0 saturated carbocycles. The van der Waals surface area contributed by atoms with E-state index in [1.165, 1.54) is 148 Å². The average molecular weight is 1190 g/mol. The molecule has 0 heterocycles. The zero-order chi connectivity index (χ0) is 61.9. The summed E-state index contributed by atoms with van der Waals surface area (Å²) in [7, 11) is 0. The van der Waals surface area contributed by atoms with E-state index in [0.717, 1.165) is 135 Å². The number of ether oxygens (including phenoxy) is 2. The van der Waals surface area contributed by atoms with Crippen LogP contribution in [0.15, 0.2) is 170 Å². The number of carbonyl (C=O) groups is 2. The fourth-order valence-corrected chi connectivity index (χ4v) is 9.75. The van der Waals surface area contributed by atoms with Gasteiger partial charge in [-0.15, -0.1) is 0 Å². The van der Waals surface area contributed by atoms with Crippen molar-refractivity contribution in [2.24, 2.45) is 0 Å². The van der Waals surface area contributed by atoms with Gasteiger partial charge >= 0.3 is 11.9 Å². The number of unbranched alkanes of at least 4 members (excludes halogenated alkanes) is 28. The van der Waals surface area contributed by atoms with Crippen molar-refractivity contribution in [3.8, 4) is 0 Å². The van der Waals surface area contributed by atoms with Crippen LogP contribution in [0.1, 0.15) is 309 Å². The Hall–Kier alpha value is -4.74. The summed E-state index contributed by atoms with van der Waals surface area (Å²) in [4.78, 5) is 24.7. The summed E-state index contributed by atoms with van der Waals surface area (Å²) in [5, 5.41) is 9.71. The lowest BCUT2D eigenvalue weighted by molar-refractivity contribution is -0.161. The lowest BCUT2D eigenvalue weighted by Crippen LogP contribution is -2.28. The largest absolute Gasteiger partial charge is 0.462 e. The molecule has 1 atom stereocenters. The number of rotatable bonds is 64. The molecule has 486 valence electrons. The summed E-state index contributed by atoms with van der Waals surface area (Å²) in [6, 6.07) is 0. The minimum absolute atomic E-state index is 0.0754. The highest BCUT2D eigenvalue weighted by Gasteiger charge is 2.16. The van der Waals surface area contributed by atoms with Crippen LogP contribution in [0.4, 0.5) is 0 Å². The fourth-order valence-electron chi connectivity index (χ4n) is 9.75. The minimum Gasteiger partial charge on any atom is -0.462 e. The van der Waals surface area contributed by atoms with Gasteiger partial charge in [0, 0.05) is 12.8 Å². The summed E-state index contributed by atoms with van der Waals surface area (Å²) in [5.41, 5.74) is 0. The van der Waals surface area contributed by atoms with E-state index >= 15 is 0 Å². The zero-order valence-corrected chi connectivity index (χ0v) is 55.8. The third-order valence-electron chi connectivity index (χ3n) is 15.0. The van der Waals surface area contributed by atoms with Gasteiger partial charge in [0.2, 0.25) is 0 Å². The van der Waals surface area contributed by atoms with E-state index in [1.807, 2.05) is 0 Å². The van der Waals surface area contributed by atoms with Gasteiger partial charge in [0.15, 0.2) is 6.10 Å². The molecule has 5 heteroatoms. The Kier molecular flexibility index (Phi) is 70.4. The summed E-state index contributed by atoms with van der Waals surface area (Å²) < 4.78 is 10.8. The third-order valence-corrected chi connectivity index (χ3v) is 15.0.